The first-order valence-corrected chi connectivity index (χ1v) is 8.84. The Kier molecular flexibility index (Phi) is 5.31. The number of halogens is 2. The smallest absolute Gasteiger partial charge is 0.159 e. The third kappa shape index (κ3) is 3.46. The third-order valence-electron chi connectivity index (χ3n) is 4.34. The van der Waals surface area contributed by atoms with Crippen molar-refractivity contribution in [2.24, 2.45) is 0 Å². The summed E-state index contributed by atoms with van der Waals surface area (Å²) in [6, 6.07) is 7.81. The first kappa shape index (κ1) is 19.1. The molecule has 1 N–H and O–H groups in total. The Morgan fingerprint density at radius 1 is 1.11 bits per heavy atom. The second-order valence-electron chi connectivity index (χ2n) is 6.04. The van der Waals surface area contributed by atoms with E-state index in [9.17, 15) is 5.26 Å². The second kappa shape index (κ2) is 7.51. The number of aryl methyl sites for hydroxylation is 2. The number of ether oxygens (including phenoxy) is 2. The van der Waals surface area contributed by atoms with Crippen molar-refractivity contribution in [1.82, 2.24) is 9.97 Å². The zero-order valence-electron chi connectivity index (χ0n) is 15.3. The topological polar surface area (TPSA) is 70.9 Å². The van der Waals surface area contributed by atoms with Crippen LogP contribution in [0.2, 0.25) is 10.0 Å². The van der Waals surface area contributed by atoms with E-state index in [0.29, 0.717) is 33.5 Å². The van der Waals surface area contributed by atoms with Crippen LogP contribution in [0.4, 0.5) is 0 Å². The molecule has 0 aliphatic rings. The van der Waals surface area contributed by atoms with E-state index in [-0.39, 0.29) is 5.02 Å². The molecule has 0 saturated heterocycles. The molecule has 5 nitrogen and oxygen atoms in total. The highest BCUT2D eigenvalue weighted by Crippen LogP contribution is 2.43. The fourth-order valence-corrected chi connectivity index (χ4v) is 3.51. The maximum Gasteiger partial charge on any atom is 0.159 e. The van der Waals surface area contributed by atoms with Gasteiger partial charge in [-0.2, -0.15) is 5.26 Å². The van der Waals surface area contributed by atoms with Gasteiger partial charge in [-0.3, -0.25) is 0 Å². The minimum Gasteiger partial charge on any atom is -0.494 e. The van der Waals surface area contributed by atoms with E-state index in [2.05, 4.69) is 16.0 Å². The molecule has 0 atom stereocenters. The summed E-state index contributed by atoms with van der Waals surface area (Å²) in [5.41, 5.74) is 4.84. The maximum absolute atomic E-state index is 9.67. The molecule has 1 aromatic heterocycles. The van der Waals surface area contributed by atoms with Gasteiger partial charge in [-0.15, -0.1) is 0 Å². The third-order valence-corrected chi connectivity index (χ3v) is 4.97. The number of hydrogen-bond acceptors (Lipinski definition) is 4. The molecule has 0 aliphatic carbocycles. The van der Waals surface area contributed by atoms with E-state index in [0.717, 1.165) is 22.2 Å². The van der Waals surface area contributed by atoms with Gasteiger partial charge in [0.05, 0.1) is 35.8 Å². The van der Waals surface area contributed by atoms with Gasteiger partial charge in [-0.05, 0) is 49.2 Å². The molecule has 3 rings (SSSR count). The Balaban J connectivity index is 2.17. The zero-order valence-corrected chi connectivity index (χ0v) is 16.8. The molecule has 0 radical (unpaired) electrons. The number of rotatable bonds is 4. The predicted molar refractivity (Wildman–Crippen MR) is 109 cm³/mol. The number of allylic oxidation sites excluding steroid dienone is 1. The summed E-state index contributed by atoms with van der Waals surface area (Å²) < 4.78 is 10.6. The average molecular weight is 402 g/mol. The molecule has 3 aromatic rings. The standard InChI is InChI=1S/C20H17Cl2N3O2/c1-10-5-15-16(6-11(10)2)25-20(24-15)13(9-23)7-12-8-14(21)19(27-4)17(22)18(12)26-3/h5-8H,1-4H3,(H,24,25)/b13-7-. The number of aromatic nitrogens is 2. The second-order valence-corrected chi connectivity index (χ2v) is 6.82. The van der Waals surface area contributed by atoms with Crippen LogP contribution in [0.15, 0.2) is 18.2 Å². The minimum absolute atomic E-state index is 0.242. The first-order chi connectivity index (χ1) is 12.9. The summed E-state index contributed by atoms with van der Waals surface area (Å²) in [5, 5.41) is 10.2. The summed E-state index contributed by atoms with van der Waals surface area (Å²) >= 11 is 12.6. The molecule has 0 amide bonds. The number of nitriles is 1. The van der Waals surface area contributed by atoms with Gasteiger partial charge in [0, 0.05) is 5.56 Å². The largest absolute Gasteiger partial charge is 0.494 e. The normalized spacial score (nSPS) is 11.5. The van der Waals surface area contributed by atoms with Crippen molar-refractivity contribution in [3.63, 3.8) is 0 Å². The van der Waals surface area contributed by atoms with E-state index in [1.165, 1.54) is 14.2 Å². The zero-order chi connectivity index (χ0) is 19.7. The number of aromatic amines is 1. The highest BCUT2D eigenvalue weighted by molar-refractivity contribution is 6.38. The van der Waals surface area contributed by atoms with Gasteiger partial charge >= 0.3 is 0 Å². The Hall–Kier alpha value is -2.68. The summed E-state index contributed by atoms with van der Waals surface area (Å²) in [7, 11) is 2.96. The van der Waals surface area contributed by atoms with Gasteiger partial charge in [-0.25, -0.2) is 4.98 Å². The van der Waals surface area contributed by atoms with E-state index in [1.54, 1.807) is 12.1 Å². The van der Waals surface area contributed by atoms with Crippen LogP contribution in [-0.2, 0) is 0 Å². The van der Waals surface area contributed by atoms with Crippen molar-refractivity contribution in [2.45, 2.75) is 13.8 Å². The molecule has 0 fully saturated rings. The fourth-order valence-electron chi connectivity index (χ4n) is 2.81. The molecule has 0 aliphatic heterocycles. The van der Waals surface area contributed by atoms with Gasteiger partial charge in [0.1, 0.15) is 22.7 Å². The van der Waals surface area contributed by atoms with Crippen molar-refractivity contribution in [3.05, 3.63) is 50.8 Å². The van der Waals surface area contributed by atoms with Crippen LogP contribution >= 0.6 is 23.2 Å². The fraction of sp³-hybridized carbons (Fsp3) is 0.200. The maximum atomic E-state index is 9.67. The summed E-state index contributed by atoms with van der Waals surface area (Å²) in [4.78, 5) is 7.73. The molecule has 0 unspecified atom stereocenters. The molecule has 0 bridgehead atoms. The highest BCUT2D eigenvalue weighted by atomic mass is 35.5. The van der Waals surface area contributed by atoms with Gasteiger partial charge in [0.25, 0.3) is 0 Å². The lowest BCUT2D eigenvalue weighted by atomic mass is 10.1. The lowest BCUT2D eigenvalue weighted by Crippen LogP contribution is -1.94. The van der Waals surface area contributed by atoms with Crippen LogP contribution in [0, 0.1) is 25.2 Å². The SMILES string of the molecule is COc1c(Cl)cc(/C=C(/C#N)c2nc3cc(C)c(C)cc3[nH]2)c(OC)c1Cl. The van der Waals surface area contributed by atoms with E-state index in [4.69, 9.17) is 32.7 Å². The number of nitrogens with one attached hydrogen (secondary N) is 1. The summed E-state index contributed by atoms with van der Waals surface area (Å²) in [5.74, 6) is 1.15. The number of methoxy groups -OCH3 is 2. The predicted octanol–water partition coefficient (Wildman–Crippen LogP) is 5.57. The molecule has 0 saturated carbocycles. The molecule has 27 heavy (non-hydrogen) atoms. The molecule has 138 valence electrons. The lowest BCUT2D eigenvalue weighted by Gasteiger charge is -2.13. The van der Waals surface area contributed by atoms with Gasteiger partial charge in [-0.1, -0.05) is 23.2 Å². The number of fused-ring (bicyclic) bond motifs is 1. The summed E-state index contributed by atoms with van der Waals surface area (Å²) in [6.07, 6.45) is 1.63. The first-order valence-electron chi connectivity index (χ1n) is 8.08. The Morgan fingerprint density at radius 2 is 1.78 bits per heavy atom. The number of benzene rings is 2. The van der Waals surface area contributed by atoms with Gasteiger partial charge in [0.2, 0.25) is 0 Å². The van der Waals surface area contributed by atoms with Crippen LogP contribution in [0.5, 0.6) is 11.5 Å². The number of H-pyrrole nitrogens is 1. The Bertz CT molecular complexity index is 1070. The molecule has 1 heterocycles. The summed E-state index contributed by atoms with van der Waals surface area (Å²) in [6.45, 7) is 4.05. The molecule has 0 spiro atoms. The van der Waals surface area contributed by atoms with Gasteiger partial charge in [0.15, 0.2) is 5.75 Å². The molecular weight excluding hydrogens is 385 g/mol. The minimum atomic E-state index is 0.242. The van der Waals surface area contributed by atoms with E-state index < -0.39 is 0 Å². The van der Waals surface area contributed by atoms with E-state index >= 15 is 0 Å². The molecular formula is C20H17Cl2N3O2. The van der Waals surface area contributed by atoms with Crippen LogP contribution < -0.4 is 9.47 Å². The number of hydrogen-bond donors (Lipinski definition) is 1. The van der Waals surface area contributed by atoms with Crippen molar-refractivity contribution < 1.29 is 9.47 Å². The van der Waals surface area contributed by atoms with Crippen LogP contribution in [0.25, 0.3) is 22.7 Å². The van der Waals surface area contributed by atoms with Crippen LogP contribution in [-0.4, -0.2) is 24.2 Å². The van der Waals surface area contributed by atoms with Crippen LogP contribution in [0.3, 0.4) is 0 Å². The Labute approximate surface area is 167 Å². The highest BCUT2D eigenvalue weighted by Gasteiger charge is 2.18. The average Bonchev–Trinajstić information content (AvgIpc) is 3.02. The van der Waals surface area contributed by atoms with Gasteiger partial charge < -0.3 is 14.5 Å². The number of imidazole rings is 1. The number of nitrogens with zero attached hydrogens (tertiary/aromatic N) is 2. The van der Waals surface area contributed by atoms with Crippen molar-refractivity contribution in [1.29, 1.82) is 5.26 Å². The Morgan fingerprint density at radius 3 is 2.41 bits per heavy atom. The molecule has 7 heteroatoms. The monoisotopic (exact) mass is 401 g/mol. The van der Waals surface area contributed by atoms with E-state index in [1.807, 2.05) is 26.0 Å². The quantitative estimate of drug-likeness (QED) is 0.580. The van der Waals surface area contributed by atoms with Crippen molar-refractivity contribution in [2.75, 3.05) is 14.2 Å². The van der Waals surface area contributed by atoms with Crippen molar-refractivity contribution >= 4 is 45.9 Å². The van der Waals surface area contributed by atoms with Crippen molar-refractivity contribution in [3.8, 4) is 17.6 Å². The lowest BCUT2D eigenvalue weighted by molar-refractivity contribution is 0.394. The molecule has 2 aromatic carbocycles. The van der Waals surface area contributed by atoms with Crippen LogP contribution in [0.1, 0.15) is 22.5 Å².